The number of rotatable bonds is 8. The number of aryl methyl sites for hydroxylation is 1. The van der Waals surface area contributed by atoms with E-state index in [1.165, 1.54) is 18.2 Å². The average Bonchev–Trinajstić information content (AvgIpc) is 3.02. The molecule has 134 valence electrons. The molecule has 8 heteroatoms. The van der Waals surface area contributed by atoms with Crippen LogP contribution in [0.2, 0.25) is 0 Å². The second-order valence-electron chi connectivity index (χ2n) is 5.73. The highest BCUT2D eigenvalue weighted by atomic mass is 16.6. The quantitative estimate of drug-likeness (QED) is 0.586. The van der Waals surface area contributed by atoms with Gasteiger partial charge in [-0.3, -0.25) is 19.6 Å². The third-order valence-electron chi connectivity index (χ3n) is 4.09. The van der Waals surface area contributed by atoms with Crippen LogP contribution in [0, 0.1) is 17.0 Å². The summed E-state index contributed by atoms with van der Waals surface area (Å²) in [6.45, 7) is 9.45. The third kappa shape index (κ3) is 4.87. The maximum atomic E-state index is 12.3. The van der Waals surface area contributed by atoms with Crippen molar-refractivity contribution in [3.8, 4) is 0 Å². The Morgan fingerprint density at radius 1 is 1.36 bits per heavy atom. The summed E-state index contributed by atoms with van der Waals surface area (Å²) in [5.41, 5.74) is 1.42. The van der Waals surface area contributed by atoms with Crippen molar-refractivity contribution < 1.29 is 9.72 Å². The topological polar surface area (TPSA) is 93.3 Å². The number of nitro benzene ring substituents is 1. The van der Waals surface area contributed by atoms with Crippen LogP contribution in [0.25, 0.3) is 0 Å². The number of likely N-dealkylation sites (N-methyl/N-ethyl adjacent to an activating group) is 1. The van der Waals surface area contributed by atoms with Crippen molar-refractivity contribution in [3.63, 3.8) is 0 Å². The molecule has 1 aromatic carbocycles. The molecule has 0 aliphatic heterocycles. The Bertz CT molecular complexity index is 752. The molecule has 1 heterocycles. The summed E-state index contributed by atoms with van der Waals surface area (Å²) in [4.78, 5) is 25.0. The van der Waals surface area contributed by atoms with E-state index in [9.17, 15) is 14.9 Å². The van der Waals surface area contributed by atoms with Crippen LogP contribution < -0.4 is 5.32 Å². The minimum absolute atomic E-state index is 0.000715. The summed E-state index contributed by atoms with van der Waals surface area (Å²) in [5.74, 6) is -0.318. The first-order valence-corrected chi connectivity index (χ1v) is 8.25. The number of amides is 1. The molecule has 25 heavy (non-hydrogen) atoms. The molecule has 8 nitrogen and oxygen atoms in total. The van der Waals surface area contributed by atoms with Crippen molar-refractivity contribution >= 4 is 17.3 Å². The van der Waals surface area contributed by atoms with Crippen LogP contribution in [0.3, 0.4) is 0 Å². The predicted octanol–water partition coefficient (Wildman–Crippen LogP) is 2.69. The van der Waals surface area contributed by atoms with Gasteiger partial charge in [-0.1, -0.05) is 13.8 Å². The number of hydrogen-bond donors (Lipinski definition) is 1. The van der Waals surface area contributed by atoms with Gasteiger partial charge in [-0.2, -0.15) is 5.10 Å². The first kappa shape index (κ1) is 18.6. The van der Waals surface area contributed by atoms with Gasteiger partial charge in [-0.15, -0.1) is 0 Å². The highest BCUT2D eigenvalue weighted by Crippen LogP contribution is 2.19. The second kappa shape index (κ2) is 8.39. The number of benzene rings is 1. The van der Waals surface area contributed by atoms with E-state index in [4.69, 9.17) is 0 Å². The largest absolute Gasteiger partial charge is 0.319 e. The molecule has 2 rings (SSSR count). The fourth-order valence-electron chi connectivity index (χ4n) is 2.54. The van der Waals surface area contributed by atoms with E-state index in [1.54, 1.807) is 24.0 Å². The van der Waals surface area contributed by atoms with E-state index in [0.29, 0.717) is 16.8 Å². The standard InChI is InChI=1S/C17H23N5O3/c1-4-20(5-2)8-9-21-12-15(11-18-21)19-17(23)14-6-7-16(22(24)25)13(3)10-14/h6-7,10-12H,4-5,8-9H2,1-3H3,(H,19,23). The van der Waals surface area contributed by atoms with Gasteiger partial charge in [-0.25, -0.2) is 0 Å². The Balaban J connectivity index is 1.99. The van der Waals surface area contributed by atoms with E-state index in [1.807, 2.05) is 0 Å². The lowest BCUT2D eigenvalue weighted by Crippen LogP contribution is -2.27. The van der Waals surface area contributed by atoms with E-state index >= 15 is 0 Å². The highest BCUT2D eigenvalue weighted by Gasteiger charge is 2.14. The monoisotopic (exact) mass is 345 g/mol. The number of anilines is 1. The molecule has 1 N–H and O–H groups in total. The molecule has 0 saturated heterocycles. The number of nitro groups is 1. The fourth-order valence-corrected chi connectivity index (χ4v) is 2.54. The molecule has 0 aliphatic rings. The third-order valence-corrected chi connectivity index (χ3v) is 4.09. The predicted molar refractivity (Wildman–Crippen MR) is 95.8 cm³/mol. The zero-order chi connectivity index (χ0) is 18.4. The highest BCUT2D eigenvalue weighted by molar-refractivity contribution is 6.04. The van der Waals surface area contributed by atoms with Crippen LogP contribution in [0.5, 0.6) is 0 Å². The van der Waals surface area contributed by atoms with Crippen LogP contribution in [0.15, 0.2) is 30.6 Å². The van der Waals surface area contributed by atoms with E-state index in [-0.39, 0.29) is 11.6 Å². The summed E-state index contributed by atoms with van der Waals surface area (Å²) in [7, 11) is 0. The van der Waals surface area contributed by atoms with Gasteiger partial charge in [0, 0.05) is 29.9 Å². The molecule has 0 spiro atoms. The summed E-state index contributed by atoms with van der Waals surface area (Å²) in [6, 6.07) is 4.31. The first-order chi connectivity index (χ1) is 11.9. The van der Waals surface area contributed by atoms with E-state index in [0.717, 1.165) is 26.2 Å². The maximum absolute atomic E-state index is 12.3. The van der Waals surface area contributed by atoms with Crippen molar-refractivity contribution in [3.05, 3.63) is 51.8 Å². The molecule has 0 aliphatic carbocycles. The Labute approximate surface area is 146 Å². The van der Waals surface area contributed by atoms with Crippen LogP contribution in [0.4, 0.5) is 11.4 Å². The minimum Gasteiger partial charge on any atom is -0.319 e. The molecule has 0 saturated carbocycles. The fraction of sp³-hybridized carbons (Fsp3) is 0.412. The summed E-state index contributed by atoms with van der Waals surface area (Å²) in [5, 5.41) is 17.8. The van der Waals surface area contributed by atoms with E-state index in [2.05, 4.69) is 29.2 Å². The number of carbonyl (C=O) groups is 1. The van der Waals surface area contributed by atoms with Gasteiger partial charge in [0.05, 0.1) is 23.4 Å². The van der Waals surface area contributed by atoms with Crippen LogP contribution in [-0.4, -0.2) is 45.1 Å². The molecule has 0 radical (unpaired) electrons. The van der Waals surface area contributed by atoms with Gasteiger partial charge >= 0.3 is 0 Å². The van der Waals surface area contributed by atoms with Crippen molar-refractivity contribution in [2.24, 2.45) is 0 Å². The minimum atomic E-state index is -0.461. The van der Waals surface area contributed by atoms with Crippen molar-refractivity contribution in [1.82, 2.24) is 14.7 Å². The molecule has 0 unspecified atom stereocenters. The average molecular weight is 345 g/mol. The molecular formula is C17H23N5O3. The summed E-state index contributed by atoms with van der Waals surface area (Å²) < 4.78 is 1.79. The van der Waals surface area contributed by atoms with Gasteiger partial charge in [-0.05, 0) is 32.1 Å². The van der Waals surface area contributed by atoms with E-state index < -0.39 is 4.92 Å². The SMILES string of the molecule is CCN(CC)CCn1cc(NC(=O)c2ccc([N+](=O)[O-])c(C)c2)cn1. The van der Waals surface area contributed by atoms with Crippen LogP contribution in [0.1, 0.15) is 29.8 Å². The van der Waals surface area contributed by atoms with Crippen LogP contribution >= 0.6 is 0 Å². The maximum Gasteiger partial charge on any atom is 0.272 e. The lowest BCUT2D eigenvalue weighted by Gasteiger charge is -2.17. The zero-order valence-corrected chi connectivity index (χ0v) is 14.7. The van der Waals surface area contributed by atoms with Crippen molar-refractivity contribution in [1.29, 1.82) is 0 Å². The number of carbonyl (C=O) groups excluding carboxylic acids is 1. The van der Waals surface area contributed by atoms with Crippen LogP contribution in [-0.2, 0) is 6.54 Å². The lowest BCUT2D eigenvalue weighted by atomic mass is 10.1. The van der Waals surface area contributed by atoms with Gasteiger partial charge in [0.1, 0.15) is 0 Å². The molecule has 0 bridgehead atoms. The van der Waals surface area contributed by atoms with Gasteiger partial charge in [0.25, 0.3) is 11.6 Å². The second-order valence-corrected chi connectivity index (χ2v) is 5.73. The lowest BCUT2D eigenvalue weighted by molar-refractivity contribution is -0.385. The zero-order valence-electron chi connectivity index (χ0n) is 14.7. The molecule has 0 atom stereocenters. The summed E-state index contributed by atoms with van der Waals surface area (Å²) >= 11 is 0. The molecule has 2 aromatic rings. The molecule has 0 fully saturated rings. The molecule has 1 amide bonds. The normalized spacial score (nSPS) is 10.9. The number of nitrogens with one attached hydrogen (secondary N) is 1. The Morgan fingerprint density at radius 3 is 2.68 bits per heavy atom. The number of aromatic nitrogens is 2. The molecule has 1 aromatic heterocycles. The van der Waals surface area contributed by atoms with Gasteiger partial charge in [0.15, 0.2) is 0 Å². The van der Waals surface area contributed by atoms with Gasteiger partial charge < -0.3 is 10.2 Å². The number of hydrogen-bond acceptors (Lipinski definition) is 5. The summed E-state index contributed by atoms with van der Waals surface area (Å²) in [6.07, 6.45) is 3.37. The molecular weight excluding hydrogens is 322 g/mol. The van der Waals surface area contributed by atoms with Crippen molar-refractivity contribution in [2.45, 2.75) is 27.3 Å². The Kier molecular flexibility index (Phi) is 6.24. The Morgan fingerprint density at radius 2 is 2.08 bits per heavy atom. The van der Waals surface area contributed by atoms with Crippen molar-refractivity contribution in [2.75, 3.05) is 25.0 Å². The van der Waals surface area contributed by atoms with Gasteiger partial charge in [0.2, 0.25) is 0 Å². The number of nitrogens with zero attached hydrogens (tertiary/aromatic N) is 4. The Hall–Kier alpha value is -2.74. The smallest absolute Gasteiger partial charge is 0.272 e. The first-order valence-electron chi connectivity index (χ1n) is 8.25.